The zero-order valence-electron chi connectivity index (χ0n) is 15.1. The molecule has 154 valence electrons. The van der Waals surface area contributed by atoms with Crippen LogP contribution < -0.4 is 10.5 Å². The number of carboxylic acid groups (broad SMARTS) is 1. The summed E-state index contributed by atoms with van der Waals surface area (Å²) >= 11 is 0. The Kier molecular flexibility index (Phi) is 5.53. The number of aromatic nitrogens is 2. The van der Waals surface area contributed by atoms with Crippen LogP contribution >= 0.6 is 0 Å². The highest BCUT2D eigenvalue weighted by atomic mass is 32.2. The number of aromatic carboxylic acids is 1. The maximum absolute atomic E-state index is 12.3. The third kappa shape index (κ3) is 4.51. The van der Waals surface area contributed by atoms with E-state index in [1.54, 1.807) is 0 Å². The van der Waals surface area contributed by atoms with Gasteiger partial charge in [-0.1, -0.05) is 18.2 Å². The number of hydrogen-bond acceptors (Lipinski definition) is 6. The first-order valence-electron chi connectivity index (χ1n) is 8.28. The summed E-state index contributed by atoms with van der Waals surface area (Å²) in [5.74, 6) is -1.25. The number of benzene rings is 2. The smallest absolute Gasteiger partial charge is 0.387 e. The molecule has 0 aliphatic rings. The van der Waals surface area contributed by atoms with E-state index in [0.29, 0.717) is 22.0 Å². The van der Waals surface area contributed by atoms with Crippen molar-refractivity contribution in [2.75, 3.05) is 6.26 Å². The number of nitrogens with zero attached hydrogens (tertiary/aromatic N) is 2. The Morgan fingerprint density at radius 3 is 2.45 bits per heavy atom. The van der Waals surface area contributed by atoms with Crippen molar-refractivity contribution in [1.29, 1.82) is 0 Å². The molecular weight excluding hydrogens is 408 g/mol. The molecule has 0 spiro atoms. The fourth-order valence-electron chi connectivity index (χ4n) is 2.84. The zero-order chi connectivity index (χ0) is 21.3. The predicted molar refractivity (Wildman–Crippen MR) is 101 cm³/mol. The molecule has 8 nitrogen and oxygen atoms in total. The van der Waals surface area contributed by atoms with E-state index in [-0.39, 0.29) is 18.0 Å². The molecule has 1 atom stereocenters. The first kappa shape index (κ1) is 20.7. The molecular formula is C18H17F2N3O5S. The molecule has 3 aromatic rings. The van der Waals surface area contributed by atoms with Crippen molar-refractivity contribution in [1.82, 2.24) is 9.78 Å². The van der Waals surface area contributed by atoms with E-state index >= 15 is 0 Å². The van der Waals surface area contributed by atoms with Crippen molar-refractivity contribution in [3.8, 4) is 5.75 Å². The Balaban J connectivity index is 2.02. The van der Waals surface area contributed by atoms with Gasteiger partial charge in [0.2, 0.25) is 0 Å². The van der Waals surface area contributed by atoms with Gasteiger partial charge in [0, 0.05) is 11.6 Å². The molecule has 0 fully saturated rings. The van der Waals surface area contributed by atoms with Gasteiger partial charge in [0.1, 0.15) is 11.1 Å². The number of carboxylic acids is 1. The van der Waals surface area contributed by atoms with Crippen molar-refractivity contribution in [2.45, 2.75) is 18.5 Å². The summed E-state index contributed by atoms with van der Waals surface area (Å²) in [6.07, 6.45) is 1.00. The van der Waals surface area contributed by atoms with Crippen molar-refractivity contribution >= 4 is 26.7 Å². The maximum atomic E-state index is 12.3. The van der Waals surface area contributed by atoms with Crippen LogP contribution in [0.4, 0.5) is 8.78 Å². The highest BCUT2D eigenvalue weighted by molar-refractivity contribution is 7.90. The molecule has 0 aliphatic carbocycles. The van der Waals surface area contributed by atoms with Crippen LogP contribution in [0.2, 0.25) is 0 Å². The second-order valence-electron chi connectivity index (χ2n) is 6.36. The largest absolute Gasteiger partial charge is 0.476 e. The number of nitrogens with two attached hydrogens (primary N) is 1. The summed E-state index contributed by atoms with van der Waals surface area (Å²) in [6.45, 7) is -2.82. The summed E-state index contributed by atoms with van der Waals surface area (Å²) in [4.78, 5) is 11.5. The van der Waals surface area contributed by atoms with Crippen LogP contribution in [0.3, 0.4) is 0 Å². The fraction of sp³-hybridized carbons (Fsp3) is 0.222. The Bertz CT molecular complexity index is 1160. The van der Waals surface area contributed by atoms with Gasteiger partial charge in [-0.05, 0) is 35.4 Å². The molecule has 0 radical (unpaired) electrons. The first-order chi connectivity index (χ1) is 13.6. The lowest BCUT2D eigenvalue weighted by molar-refractivity contribution is -0.0498. The number of alkyl halides is 2. The number of halogens is 2. The summed E-state index contributed by atoms with van der Waals surface area (Å²) < 4.78 is 53.7. The maximum Gasteiger partial charge on any atom is 0.387 e. The molecule has 1 unspecified atom stereocenters. The van der Waals surface area contributed by atoms with E-state index in [0.717, 1.165) is 6.26 Å². The number of carbonyl (C=O) groups is 1. The van der Waals surface area contributed by atoms with Gasteiger partial charge in [0.25, 0.3) is 0 Å². The SMILES string of the molecule is CS(=O)(=O)C(N)c1ccc2c(C(=O)O)nn(Cc3ccc(OC(F)F)cc3)c2c1. The van der Waals surface area contributed by atoms with E-state index in [1.165, 1.54) is 47.1 Å². The molecule has 11 heteroatoms. The summed E-state index contributed by atoms with van der Waals surface area (Å²) in [7, 11) is -3.56. The molecule has 0 saturated carbocycles. The second kappa shape index (κ2) is 7.76. The monoisotopic (exact) mass is 425 g/mol. The van der Waals surface area contributed by atoms with Crippen LogP contribution in [-0.2, 0) is 16.4 Å². The highest BCUT2D eigenvalue weighted by Crippen LogP contribution is 2.26. The third-order valence-electron chi connectivity index (χ3n) is 4.25. The summed E-state index contributed by atoms with van der Waals surface area (Å²) in [5.41, 5.74) is 6.90. The summed E-state index contributed by atoms with van der Waals surface area (Å²) in [5, 5.41) is 12.5. The average molecular weight is 425 g/mol. The molecule has 1 heterocycles. The molecule has 0 amide bonds. The second-order valence-corrected chi connectivity index (χ2v) is 8.53. The normalized spacial score (nSPS) is 13.0. The molecule has 2 aromatic carbocycles. The molecule has 3 rings (SSSR count). The highest BCUT2D eigenvalue weighted by Gasteiger charge is 2.22. The number of fused-ring (bicyclic) bond motifs is 1. The number of rotatable bonds is 7. The van der Waals surface area contributed by atoms with E-state index in [1.807, 2.05) is 0 Å². The Morgan fingerprint density at radius 2 is 1.90 bits per heavy atom. The fourth-order valence-corrected chi connectivity index (χ4v) is 3.48. The van der Waals surface area contributed by atoms with E-state index in [4.69, 9.17) is 5.73 Å². The molecule has 29 heavy (non-hydrogen) atoms. The van der Waals surface area contributed by atoms with Crippen molar-refractivity contribution in [3.63, 3.8) is 0 Å². The minimum absolute atomic E-state index is 0.0123. The Labute approximate surface area is 164 Å². The van der Waals surface area contributed by atoms with E-state index < -0.39 is 27.8 Å². The van der Waals surface area contributed by atoms with Crippen LogP contribution in [0.5, 0.6) is 5.75 Å². The first-order valence-corrected chi connectivity index (χ1v) is 10.2. The van der Waals surface area contributed by atoms with Crippen LogP contribution in [0.25, 0.3) is 10.9 Å². The minimum atomic E-state index is -3.56. The Morgan fingerprint density at radius 1 is 1.24 bits per heavy atom. The van der Waals surface area contributed by atoms with Gasteiger partial charge >= 0.3 is 12.6 Å². The van der Waals surface area contributed by atoms with Crippen molar-refractivity contribution in [2.24, 2.45) is 5.73 Å². The molecule has 3 N–H and O–H groups in total. The predicted octanol–water partition coefficient (Wildman–Crippen LogP) is 2.39. The van der Waals surface area contributed by atoms with E-state index in [2.05, 4.69) is 9.84 Å². The van der Waals surface area contributed by atoms with Crippen molar-refractivity contribution in [3.05, 3.63) is 59.3 Å². The van der Waals surface area contributed by atoms with Gasteiger partial charge in [0.05, 0.1) is 12.1 Å². The minimum Gasteiger partial charge on any atom is -0.476 e. The molecule has 1 aromatic heterocycles. The zero-order valence-corrected chi connectivity index (χ0v) is 15.9. The third-order valence-corrected chi connectivity index (χ3v) is 5.44. The Hall–Kier alpha value is -3.05. The number of sulfone groups is 1. The number of ether oxygens (including phenoxy) is 1. The van der Waals surface area contributed by atoms with Gasteiger partial charge in [-0.3, -0.25) is 4.68 Å². The van der Waals surface area contributed by atoms with E-state index in [9.17, 15) is 27.1 Å². The standard InChI is InChI=1S/C18H17F2N3O5S/c1-29(26,27)16(21)11-4-7-13-14(8-11)23(22-15(13)17(24)25)9-10-2-5-12(6-3-10)28-18(19)20/h2-8,16,18H,9,21H2,1H3,(H,24,25). The topological polar surface area (TPSA) is 125 Å². The van der Waals surface area contributed by atoms with Gasteiger partial charge in [-0.15, -0.1) is 0 Å². The van der Waals surface area contributed by atoms with Gasteiger partial charge in [0.15, 0.2) is 15.5 Å². The van der Waals surface area contributed by atoms with Crippen LogP contribution in [-0.4, -0.2) is 42.1 Å². The van der Waals surface area contributed by atoms with Crippen LogP contribution in [0.15, 0.2) is 42.5 Å². The quantitative estimate of drug-likeness (QED) is 0.595. The van der Waals surface area contributed by atoms with Crippen LogP contribution in [0, 0.1) is 0 Å². The van der Waals surface area contributed by atoms with Crippen LogP contribution in [0.1, 0.15) is 27.0 Å². The lowest BCUT2D eigenvalue weighted by Crippen LogP contribution is -2.20. The van der Waals surface area contributed by atoms with Gasteiger partial charge < -0.3 is 15.6 Å². The lowest BCUT2D eigenvalue weighted by atomic mass is 10.1. The molecule has 0 saturated heterocycles. The van der Waals surface area contributed by atoms with Gasteiger partial charge in [-0.2, -0.15) is 13.9 Å². The summed E-state index contributed by atoms with van der Waals surface area (Å²) in [6, 6.07) is 10.2. The number of hydrogen-bond donors (Lipinski definition) is 2. The van der Waals surface area contributed by atoms with Crippen molar-refractivity contribution < 1.29 is 31.8 Å². The van der Waals surface area contributed by atoms with Gasteiger partial charge in [-0.25, -0.2) is 13.2 Å². The molecule has 0 bridgehead atoms. The average Bonchev–Trinajstić information content (AvgIpc) is 2.99. The lowest BCUT2D eigenvalue weighted by Gasteiger charge is -2.11. The molecule has 0 aliphatic heterocycles.